The molecular formula is C26H29FN4O2. The SMILES string of the molecule is Cc1ccc(-c2noc(C(C)N3CCN(C(=O)C4(c5cccc(F)c5)CCC4)CC3)n2)cc1. The molecule has 2 aliphatic rings. The number of nitrogens with zero attached hydrogens (tertiary/aromatic N) is 4. The average molecular weight is 449 g/mol. The summed E-state index contributed by atoms with van der Waals surface area (Å²) >= 11 is 0. The van der Waals surface area contributed by atoms with Gasteiger partial charge in [0.05, 0.1) is 11.5 Å². The first kappa shape index (κ1) is 21.8. The molecule has 1 saturated heterocycles. The average Bonchev–Trinajstić information content (AvgIpc) is 3.29. The number of rotatable bonds is 5. The first-order valence-electron chi connectivity index (χ1n) is 11.7. The van der Waals surface area contributed by atoms with E-state index in [1.807, 2.05) is 42.2 Å². The van der Waals surface area contributed by atoms with E-state index < -0.39 is 5.41 Å². The van der Waals surface area contributed by atoms with E-state index in [2.05, 4.69) is 22.0 Å². The molecule has 2 heterocycles. The number of hydrogen-bond donors (Lipinski definition) is 0. The standard InChI is InChI=1S/C26H29FN4O2/c1-18-7-9-20(10-8-18)23-28-24(33-29-23)19(2)30-13-15-31(16-14-30)25(32)26(11-4-12-26)21-5-3-6-22(27)17-21/h3,5-10,17,19H,4,11-16H2,1-2H3. The number of aromatic nitrogens is 2. The van der Waals surface area contributed by atoms with Crippen molar-refractivity contribution in [2.24, 2.45) is 0 Å². The zero-order chi connectivity index (χ0) is 23.0. The van der Waals surface area contributed by atoms with Crippen LogP contribution in [0, 0.1) is 12.7 Å². The van der Waals surface area contributed by atoms with Gasteiger partial charge in [0, 0.05) is 31.7 Å². The summed E-state index contributed by atoms with van der Waals surface area (Å²) in [4.78, 5) is 22.3. The van der Waals surface area contributed by atoms with Crippen molar-refractivity contribution >= 4 is 5.91 Å². The Balaban J connectivity index is 1.24. The Kier molecular flexibility index (Phi) is 5.74. The van der Waals surface area contributed by atoms with E-state index in [0.29, 0.717) is 24.8 Å². The molecule has 0 radical (unpaired) electrons. The zero-order valence-electron chi connectivity index (χ0n) is 19.1. The minimum atomic E-state index is -0.564. The third-order valence-electron chi connectivity index (χ3n) is 7.25. The predicted octanol–water partition coefficient (Wildman–Crippen LogP) is 4.51. The Morgan fingerprint density at radius 3 is 2.45 bits per heavy atom. The number of piperazine rings is 1. The molecule has 2 fully saturated rings. The second-order valence-electron chi connectivity index (χ2n) is 9.27. The maximum Gasteiger partial charge on any atom is 0.244 e. The maximum absolute atomic E-state index is 13.8. The molecule has 1 amide bonds. The lowest BCUT2D eigenvalue weighted by Crippen LogP contribution is -2.57. The van der Waals surface area contributed by atoms with Gasteiger partial charge >= 0.3 is 0 Å². The van der Waals surface area contributed by atoms with Crippen LogP contribution in [0.1, 0.15) is 49.2 Å². The van der Waals surface area contributed by atoms with Crippen LogP contribution in [0.3, 0.4) is 0 Å². The lowest BCUT2D eigenvalue weighted by atomic mass is 9.63. The van der Waals surface area contributed by atoms with Crippen molar-refractivity contribution in [3.8, 4) is 11.4 Å². The number of aryl methyl sites for hydroxylation is 1. The van der Waals surface area contributed by atoms with Crippen LogP contribution in [0.2, 0.25) is 0 Å². The molecule has 1 aromatic heterocycles. The van der Waals surface area contributed by atoms with Gasteiger partial charge in [-0.05, 0) is 44.4 Å². The smallest absolute Gasteiger partial charge is 0.244 e. The highest BCUT2D eigenvalue weighted by atomic mass is 19.1. The van der Waals surface area contributed by atoms with Gasteiger partial charge in [0.1, 0.15) is 5.82 Å². The van der Waals surface area contributed by atoms with Gasteiger partial charge in [-0.2, -0.15) is 4.98 Å². The van der Waals surface area contributed by atoms with E-state index in [1.54, 1.807) is 6.07 Å². The number of benzene rings is 2. The first-order valence-corrected chi connectivity index (χ1v) is 11.7. The van der Waals surface area contributed by atoms with E-state index in [9.17, 15) is 9.18 Å². The monoisotopic (exact) mass is 448 g/mol. The van der Waals surface area contributed by atoms with Gasteiger partial charge in [-0.15, -0.1) is 0 Å². The van der Waals surface area contributed by atoms with Crippen molar-refractivity contribution in [1.29, 1.82) is 0 Å². The molecule has 5 rings (SSSR count). The lowest BCUT2D eigenvalue weighted by molar-refractivity contribution is -0.143. The van der Waals surface area contributed by atoms with Crippen molar-refractivity contribution in [3.05, 3.63) is 71.4 Å². The predicted molar refractivity (Wildman–Crippen MR) is 123 cm³/mol. The summed E-state index contributed by atoms with van der Waals surface area (Å²) in [6, 6.07) is 14.6. The van der Waals surface area contributed by atoms with Crippen molar-refractivity contribution in [1.82, 2.24) is 19.9 Å². The third kappa shape index (κ3) is 4.06. The molecular weight excluding hydrogens is 419 g/mol. The summed E-state index contributed by atoms with van der Waals surface area (Å²) in [5, 5.41) is 4.16. The normalized spacial score (nSPS) is 19.2. The Morgan fingerprint density at radius 1 is 1.09 bits per heavy atom. The zero-order valence-corrected chi connectivity index (χ0v) is 19.1. The number of carbonyl (C=O) groups is 1. The molecule has 2 aromatic carbocycles. The minimum Gasteiger partial charge on any atom is -0.339 e. The van der Waals surface area contributed by atoms with E-state index in [0.717, 1.165) is 43.5 Å². The van der Waals surface area contributed by atoms with Gasteiger partial charge in [0.2, 0.25) is 17.6 Å². The summed E-state index contributed by atoms with van der Waals surface area (Å²) in [6.07, 6.45) is 2.57. The lowest BCUT2D eigenvalue weighted by Gasteiger charge is -2.46. The van der Waals surface area contributed by atoms with Crippen molar-refractivity contribution in [3.63, 3.8) is 0 Å². The molecule has 0 bridgehead atoms. The first-order chi connectivity index (χ1) is 16.0. The Morgan fingerprint density at radius 2 is 1.82 bits per heavy atom. The van der Waals surface area contributed by atoms with Gasteiger partial charge in [-0.25, -0.2) is 4.39 Å². The van der Waals surface area contributed by atoms with E-state index >= 15 is 0 Å². The molecule has 1 atom stereocenters. The fourth-order valence-corrected chi connectivity index (χ4v) is 4.94. The molecule has 6 nitrogen and oxygen atoms in total. The van der Waals surface area contributed by atoms with Crippen molar-refractivity contribution in [2.45, 2.75) is 44.6 Å². The second-order valence-corrected chi connectivity index (χ2v) is 9.27. The second kappa shape index (κ2) is 8.71. The van der Waals surface area contributed by atoms with E-state index in [1.165, 1.54) is 17.7 Å². The van der Waals surface area contributed by atoms with E-state index in [4.69, 9.17) is 4.52 Å². The number of carbonyl (C=O) groups excluding carboxylic acids is 1. The number of amides is 1. The molecule has 7 heteroatoms. The van der Waals surface area contributed by atoms with Crippen LogP contribution < -0.4 is 0 Å². The molecule has 172 valence electrons. The summed E-state index contributed by atoms with van der Waals surface area (Å²) in [5.41, 5.74) is 2.36. The Hall–Kier alpha value is -3.06. The van der Waals surface area contributed by atoms with Gasteiger partial charge in [-0.1, -0.05) is 53.5 Å². The van der Waals surface area contributed by atoms with Crippen molar-refractivity contribution < 1.29 is 13.7 Å². The van der Waals surface area contributed by atoms with Crippen LogP contribution in [0.4, 0.5) is 4.39 Å². The number of halogens is 1. The topological polar surface area (TPSA) is 62.5 Å². The highest BCUT2D eigenvalue weighted by Crippen LogP contribution is 2.45. The minimum absolute atomic E-state index is 0.0326. The summed E-state index contributed by atoms with van der Waals surface area (Å²) < 4.78 is 19.4. The quantitative estimate of drug-likeness (QED) is 0.575. The highest BCUT2D eigenvalue weighted by molar-refractivity contribution is 5.89. The van der Waals surface area contributed by atoms with Crippen LogP contribution in [0.15, 0.2) is 53.1 Å². The van der Waals surface area contributed by atoms with Crippen LogP contribution in [0.25, 0.3) is 11.4 Å². The van der Waals surface area contributed by atoms with Gasteiger partial charge in [0.25, 0.3) is 0 Å². The van der Waals surface area contributed by atoms with Crippen molar-refractivity contribution in [2.75, 3.05) is 26.2 Å². The molecule has 1 aliphatic heterocycles. The van der Waals surface area contributed by atoms with Gasteiger partial charge < -0.3 is 9.42 Å². The fourth-order valence-electron chi connectivity index (χ4n) is 4.94. The molecule has 1 unspecified atom stereocenters. The molecule has 33 heavy (non-hydrogen) atoms. The van der Waals surface area contributed by atoms with Crippen LogP contribution in [-0.4, -0.2) is 52.0 Å². The van der Waals surface area contributed by atoms with Crippen LogP contribution >= 0.6 is 0 Å². The Bertz CT molecular complexity index is 1130. The molecule has 3 aromatic rings. The fraction of sp³-hybridized carbons (Fsp3) is 0.423. The van der Waals surface area contributed by atoms with E-state index in [-0.39, 0.29) is 17.8 Å². The van der Waals surface area contributed by atoms with Gasteiger partial charge in [0.15, 0.2) is 0 Å². The summed E-state index contributed by atoms with van der Waals surface area (Å²) in [6.45, 7) is 6.84. The third-order valence-corrected chi connectivity index (χ3v) is 7.25. The molecule has 1 aliphatic carbocycles. The highest BCUT2D eigenvalue weighted by Gasteiger charge is 2.48. The largest absolute Gasteiger partial charge is 0.339 e. The van der Waals surface area contributed by atoms with Crippen LogP contribution in [0.5, 0.6) is 0 Å². The summed E-state index contributed by atoms with van der Waals surface area (Å²) in [5.74, 6) is 1.02. The Labute approximate surface area is 193 Å². The van der Waals surface area contributed by atoms with Gasteiger partial charge in [-0.3, -0.25) is 9.69 Å². The van der Waals surface area contributed by atoms with Crippen LogP contribution in [-0.2, 0) is 10.2 Å². The molecule has 0 N–H and O–H groups in total. The number of hydrogen-bond acceptors (Lipinski definition) is 5. The molecule has 1 saturated carbocycles. The molecule has 0 spiro atoms. The maximum atomic E-state index is 13.8. The summed E-state index contributed by atoms with van der Waals surface area (Å²) in [7, 11) is 0.